The third-order valence-electron chi connectivity index (χ3n) is 15.0. The average Bonchev–Trinajstić information content (AvgIpc) is 4.24. The van der Waals surface area contributed by atoms with Crippen molar-refractivity contribution in [2.24, 2.45) is 0 Å². The second kappa shape index (κ2) is 13.8. The van der Waals surface area contributed by atoms with Crippen LogP contribution in [0.15, 0.2) is 226 Å². The second-order valence-electron chi connectivity index (χ2n) is 18.5. The number of hydrogen-bond acceptors (Lipinski definition) is 6. The van der Waals surface area contributed by atoms with E-state index in [0.717, 1.165) is 88.1 Å². The van der Waals surface area contributed by atoms with E-state index >= 15 is 0 Å². The highest BCUT2D eigenvalue weighted by Crippen LogP contribution is 2.64. The fourth-order valence-corrected chi connectivity index (χ4v) is 12.2. The Morgan fingerprint density at radius 3 is 1.14 bits per heavy atom. The minimum atomic E-state index is -0.502. The topological polar surface area (TPSA) is 78.1 Å². The summed E-state index contributed by atoms with van der Waals surface area (Å²) < 4.78 is 19.6. The van der Waals surface area contributed by atoms with E-state index in [1.807, 2.05) is 72.8 Å². The molecule has 4 heterocycles. The lowest BCUT2D eigenvalue weighted by Crippen LogP contribution is -2.26. The second-order valence-corrected chi connectivity index (χ2v) is 18.5. The van der Waals surface area contributed by atoms with Gasteiger partial charge < -0.3 is 13.3 Å². The Bertz CT molecular complexity index is 4380. The normalized spacial score (nSPS) is 13.3. The quantitative estimate of drug-likeness (QED) is 0.175. The molecule has 4 aromatic heterocycles. The highest BCUT2D eigenvalue weighted by atomic mass is 16.3. The Labute approximate surface area is 399 Å². The van der Waals surface area contributed by atoms with Crippen molar-refractivity contribution in [3.63, 3.8) is 0 Å². The Morgan fingerprint density at radius 1 is 0.271 bits per heavy atom. The van der Waals surface area contributed by atoms with Crippen molar-refractivity contribution in [3.8, 4) is 67.5 Å². The first kappa shape index (κ1) is 37.7. The zero-order chi connectivity index (χ0) is 45.7. The molecule has 0 unspecified atom stereocenters. The van der Waals surface area contributed by atoms with Crippen LogP contribution in [-0.4, -0.2) is 15.0 Å². The fraction of sp³-hybridized carbons (Fsp3) is 0.0156. The molecule has 0 saturated carbocycles. The van der Waals surface area contributed by atoms with Gasteiger partial charge in [-0.25, -0.2) is 15.0 Å². The van der Waals surface area contributed by atoms with Crippen LogP contribution < -0.4 is 0 Å². The van der Waals surface area contributed by atoms with Gasteiger partial charge in [0.15, 0.2) is 17.5 Å². The molecule has 0 bridgehead atoms. The third-order valence-corrected chi connectivity index (χ3v) is 15.0. The lowest BCUT2D eigenvalue weighted by atomic mass is 9.68. The largest absolute Gasteiger partial charge is 0.456 e. The highest BCUT2D eigenvalue weighted by Gasteiger charge is 2.52. The van der Waals surface area contributed by atoms with Crippen LogP contribution in [0.5, 0.6) is 0 Å². The van der Waals surface area contributed by atoms with Crippen LogP contribution in [0, 0.1) is 0 Å². The summed E-state index contributed by atoms with van der Waals surface area (Å²) in [5, 5.41) is 5.81. The summed E-state index contributed by atoms with van der Waals surface area (Å²) in [4.78, 5) is 16.2. The molecule has 0 N–H and O–H groups in total. The maximum Gasteiger partial charge on any atom is 0.164 e. The molecular formula is C64H35N3O3. The van der Waals surface area contributed by atoms with Gasteiger partial charge in [0.05, 0.1) is 5.41 Å². The number of benzene rings is 10. The molecule has 70 heavy (non-hydrogen) atoms. The molecule has 1 spiro atoms. The van der Waals surface area contributed by atoms with Crippen molar-refractivity contribution in [2.45, 2.75) is 5.41 Å². The van der Waals surface area contributed by atoms with Crippen molar-refractivity contribution in [2.75, 3.05) is 0 Å². The summed E-state index contributed by atoms with van der Waals surface area (Å²) in [6.45, 7) is 0. The van der Waals surface area contributed by atoms with E-state index in [4.69, 9.17) is 28.2 Å². The molecule has 0 atom stereocenters. The van der Waals surface area contributed by atoms with E-state index in [2.05, 4.69) is 140 Å². The summed E-state index contributed by atoms with van der Waals surface area (Å²) in [5.74, 6) is 1.60. The predicted octanol–water partition coefficient (Wildman–Crippen LogP) is 16.6. The first-order chi connectivity index (χ1) is 34.7. The highest BCUT2D eigenvalue weighted by molar-refractivity contribution is 6.15. The van der Waals surface area contributed by atoms with Crippen molar-refractivity contribution < 1.29 is 13.3 Å². The number of rotatable bonds is 4. The number of furan rings is 3. The van der Waals surface area contributed by atoms with E-state index in [1.165, 1.54) is 50.1 Å². The summed E-state index contributed by atoms with van der Waals surface area (Å²) in [6.07, 6.45) is 0. The number of hydrogen-bond donors (Lipinski definition) is 0. The molecule has 16 rings (SSSR count). The SMILES string of the molecule is c1ccc2c(c1)-c1ccccc1C21c2ccccc2-c2cccc(-c3ccc4oc5cccc(-c6nc(-c7cccc8oc9ccccc9c78)nc(-c7cccc8oc9ccccc9c78)n6)c5c4c3)c21. The van der Waals surface area contributed by atoms with E-state index < -0.39 is 5.41 Å². The maximum absolute atomic E-state index is 6.76. The molecular weight excluding hydrogens is 859 g/mol. The number of aromatic nitrogens is 3. The lowest BCUT2D eigenvalue weighted by Gasteiger charge is -2.32. The van der Waals surface area contributed by atoms with E-state index in [1.54, 1.807) is 0 Å². The minimum absolute atomic E-state index is 0.502. The Morgan fingerprint density at radius 2 is 0.629 bits per heavy atom. The third kappa shape index (κ3) is 4.93. The van der Waals surface area contributed by atoms with Gasteiger partial charge in [-0.15, -0.1) is 0 Å². The van der Waals surface area contributed by atoms with Gasteiger partial charge in [-0.2, -0.15) is 0 Å². The van der Waals surface area contributed by atoms with Gasteiger partial charge in [-0.05, 0) is 98.1 Å². The van der Waals surface area contributed by atoms with Crippen LogP contribution in [0.2, 0.25) is 0 Å². The Kier molecular flexibility index (Phi) is 7.45. The molecule has 2 aliphatic carbocycles. The van der Waals surface area contributed by atoms with Crippen molar-refractivity contribution in [3.05, 3.63) is 235 Å². The van der Waals surface area contributed by atoms with E-state index in [0.29, 0.717) is 17.5 Å². The molecule has 324 valence electrons. The number of nitrogens with zero attached hydrogens (tertiary/aromatic N) is 3. The van der Waals surface area contributed by atoms with Gasteiger partial charge in [0.1, 0.15) is 33.5 Å². The van der Waals surface area contributed by atoms with E-state index in [-0.39, 0.29) is 0 Å². The first-order valence-electron chi connectivity index (χ1n) is 23.7. The molecule has 10 aromatic carbocycles. The molecule has 6 nitrogen and oxygen atoms in total. The first-order valence-corrected chi connectivity index (χ1v) is 23.7. The summed E-state index contributed by atoms with van der Waals surface area (Å²) in [7, 11) is 0. The number of fused-ring (bicyclic) bond motifs is 19. The van der Waals surface area contributed by atoms with E-state index in [9.17, 15) is 0 Å². The van der Waals surface area contributed by atoms with Gasteiger partial charge in [-0.3, -0.25) is 0 Å². The predicted molar refractivity (Wildman–Crippen MR) is 280 cm³/mol. The van der Waals surface area contributed by atoms with Crippen molar-refractivity contribution >= 4 is 65.8 Å². The van der Waals surface area contributed by atoms with Gasteiger partial charge in [0.2, 0.25) is 0 Å². The zero-order valence-corrected chi connectivity index (χ0v) is 37.3. The monoisotopic (exact) mass is 893 g/mol. The molecule has 0 amide bonds. The van der Waals surface area contributed by atoms with Crippen LogP contribution in [-0.2, 0) is 5.41 Å². The zero-order valence-electron chi connectivity index (χ0n) is 37.3. The molecule has 0 fully saturated rings. The molecule has 0 radical (unpaired) electrons. The molecule has 2 aliphatic rings. The summed E-state index contributed by atoms with van der Waals surface area (Å²) in [5.41, 5.74) is 19.3. The minimum Gasteiger partial charge on any atom is -0.456 e. The van der Waals surface area contributed by atoms with Crippen molar-refractivity contribution in [1.29, 1.82) is 0 Å². The molecule has 0 aliphatic heterocycles. The summed E-state index contributed by atoms with van der Waals surface area (Å²) >= 11 is 0. The molecule has 6 heteroatoms. The fourth-order valence-electron chi connectivity index (χ4n) is 12.2. The average molecular weight is 894 g/mol. The van der Waals surface area contributed by atoms with Crippen LogP contribution in [0.1, 0.15) is 22.3 Å². The van der Waals surface area contributed by atoms with Crippen molar-refractivity contribution in [1.82, 2.24) is 15.0 Å². The van der Waals surface area contributed by atoms with Gasteiger partial charge in [0, 0.05) is 49.0 Å². The lowest BCUT2D eigenvalue weighted by molar-refractivity contribution is 0.668. The molecule has 0 saturated heterocycles. The Balaban J connectivity index is 0.955. The van der Waals surface area contributed by atoms with Crippen LogP contribution in [0.4, 0.5) is 0 Å². The Hall–Kier alpha value is -9.39. The molecule has 14 aromatic rings. The van der Waals surface area contributed by atoms with Crippen LogP contribution in [0.3, 0.4) is 0 Å². The smallest absolute Gasteiger partial charge is 0.164 e. The number of para-hydroxylation sites is 2. The van der Waals surface area contributed by atoms with Gasteiger partial charge in [-0.1, -0.05) is 170 Å². The van der Waals surface area contributed by atoms with Crippen LogP contribution >= 0.6 is 0 Å². The summed E-state index contributed by atoms with van der Waals surface area (Å²) in [6, 6.07) is 75.0. The standard InChI is InChI=1S/C64H35N3O3/c1-6-25-48-38(15-1)39-16-2-7-26-49(39)64(48)50-27-8-3-17-40(50)41-21-11-20-37(60(41)64)36-33-34-53-47(35-36)59-46(24-14-32-56(59)70-53)63-66-61(44-22-12-30-54-57(44)42-18-4-9-28-51(42)68-54)65-62(67-63)45-23-13-31-55-58(45)43-19-5-10-29-52(43)69-55/h1-35H. The van der Waals surface area contributed by atoms with Gasteiger partial charge >= 0.3 is 0 Å². The van der Waals surface area contributed by atoms with Gasteiger partial charge in [0.25, 0.3) is 0 Å². The van der Waals surface area contributed by atoms with Crippen LogP contribution in [0.25, 0.3) is 133 Å². The maximum atomic E-state index is 6.76.